The van der Waals surface area contributed by atoms with E-state index in [2.05, 4.69) is 33.0 Å². The minimum Gasteiger partial charge on any atom is -0.508 e. The summed E-state index contributed by atoms with van der Waals surface area (Å²) in [5, 5.41) is 22.9. The van der Waals surface area contributed by atoms with Gasteiger partial charge < -0.3 is 15.5 Å². The van der Waals surface area contributed by atoms with Gasteiger partial charge in [-0.25, -0.2) is 0 Å². The Labute approximate surface area is 167 Å². The Morgan fingerprint density at radius 1 is 1.07 bits per heavy atom. The van der Waals surface area contributed by atoms with Gasteiger partial charge in [0.2, 0.25) is 5.91 Å². The van der Waals surface area contributed by atoms with Crippen LogP contribution in [0.4, 0.5) is 0 Å². The molecule has 0 aromatic heterocycles. The maximum absolute atomic E-state index is 13.7. The van der Waals surface area contributed by atoms with Crippen LogP contribution in [-0.2, 0) is 4.79 Å². The van der Waals surface area contributed by atoms with Crippen molar-refractivity contribution in [3.05, 3.63) is 23.8 Å². The van der Waals surface area contributed by atoms with Gasteiger partial charge in [-0.15, -0.1) is 0 Å². The van der Waals surface area contributed by atoms with Crippen molar-refractivity contribution in [2.24, 2.45) is 28.6 Å². The summed E-state index contributed by atoms with van der Waals surface area (Å²) in [7, 11) is 0. The number of phenolic OH excluding ortho intramolecular Hbond substituents is 2. The molecule has 0 bridgehead atoms. The maximum Gasteiger partial charge on any atom is 0.217 e. The van der Waals surface area contributed by atoms with E-state index in [-0.39, 0.29) is 51.9 Å². The minimum absolute atomic E-state index is 0.0314. The Balaban J connectivity index is 2.08. The van der Waals surface area contributed by atoms with Crippen molar-refractivity contribution >= 4 is 11.7 Å². The number of rotatable bonds is 3. The van der Waals surface area contributed by atoms with E-state index < -0.39 is 0 Å². The normalized spacial score (nSPS) is 34.3. The molecule has 3 N–H and O–H groups in total. The number of amides is 1. The van der Waals surface area contributed by atoms with Gasteiger partial charge in [0.25, 0.3) is 0 Å². The molecule has 5 atom stereocenters. The molecule has 28 heavy (non-hydrogen) atoms. The quantitative estimate of drug-likeness (QED) is 0.676. The van der Waals surface area contributed by atoms with Crippen molar-refractivity contribution in [2.75, 3.05) is 0 Å². The number of nitrogens with one attached hydrogen (secondary N) is 1. The Hall–Kier alpha value is -2.04. The predicted molar refractivity (Wildman–Crippen MR) is 108 cm³/mol. The van der Waals surface area contributed by atoms with E-state index in [4.69, 9.17) is 0 Å². The van der Waals surface area contributed by atoms with Crippen LogP contribution in [0.2, 0.25) is 0 Å². The van der Waals surface area contributed by atoms with Crippen LogP contribution >= 0.6 is 0 Å². The number of Topliss-reactive ketones (excluding diaryl/α,β-unsaturated/α-hetero) is 1. The number of hydrogen-bond acceptors (Lipinski definition) is 4. The Kier molecular flexibility index (Phi) is 5.24. The zero-order valence-corrected chi connectivity index (χ0v) is 17.6. The van der Waals surface area contributed by atoms with E-state index in [1.807, 2.05) is 0 Å². The first-order valence-corrected chi connectivity index (χ1v) is 10.3. The lowest BCUT2D eigenvalue weighted by molar-refractivity contribution is -0.125. The first-order chi connectivity index (χ1) is 13.0. The van der Waals surface area contributed by atoms with Gasteiger partial charge in [0.05, 0.1) is 0 Å². The van der Waals surface area contributed by atoms with Crippen molar-refractivity contribution in [3.63, 3.8) is 0 Å². The number of hydrogen-bond donors (Lipinski definition) is 3. The third kappa shape index (κ3) is 3.51. The fourth-order valence-corrected chi connectivity index (χ4v) is 6.33. The van der Waals surface area contributed by atoms with Gasteiger partial charge in [-0.1, -0.05) is 34.1 Å². The van der Waals surface area contributed by atoms with Gasteiger partial charge in [-0.2, -0.15) is 0 Å². The van der Waals surface area contributed by atoms with Crippen LogP contribution in [0.1, 0.15) is 70.7 Å². The lowest BCUT2D eigenvalue weighted by Crippen LogP contribution is -2.60. The van der Waals surface area contributed by atoms with E-state index >= 15 is 0 Å². The third-order valence-corrected chi connectivity index (χ3v) is 7.49. The number of carbonyl (C=O) groups excluding carboxylic acids is 2. The van der Waals surface area contributed by atoms with Crippen LogP contribution in [0.15, 0.2) is 18.2 Å². The number of aromatic hydroxyl groups is 2. The van der Waals surface area contributed by atoms with Gasteiger partial charge in [0, 0.05) is 30.5 Å². The molecule has 2 saturated carbocycles. The Bertz CT molecular complexity index is 767. The molecule has 0 unspecified atom stereocenters. The summed E-state index contributed by atoms with van der Waals surface area (Å²) in [6.45, 7) is 10.4. The summed E-state index contributed by atoms with van der Waals surface area (Å²) < 4.78 is 0. The van der Waals surface area contributed by atoms with Crippen molar-refractivity contribution in [2.45, 2.75) is 66.3 Å². The van der Waals surface area contributed by atoms with Crippen LogP contribution in [0.5, 0.6) is 11.5 Å². The molecule has 2 aliphatic rings. The van der Waals surface area contributed by atoms with Crippen LogP contribution in [-0.4, -0.2) is 27.9 Å². The van der Waals surface area contributed by atoms with E-state index in [9.17, 15) is 19.8 Å². The highest BCUT2D eigenvalue weighted by Gasteiger charge is 2.58. The van der Waals surface area contributed by atoms with Crippen LogP contribution in [0.25, 0.3) is 0 Å². The zero-order chi connectivity index (χ0) is 20.9. The number of phenols is 2. The molecule has 1 aromatic rings. The standard InChI is InChI=1S/C23H33NO4/c1-13-18(24-14(2)25)12-19-22(3,4)7-6-8-23(19,5)20(13)21(28)15-9-16(26)11-17(27)10-15/h9-11,13,18-20,26-27H,6-8,12H2,1-5H3,(H,24,25)/t13-,18+,19-,20+,23-/m0/s1. The summed E-state index contributed by atoms with van der Waals surface area (Å²) in [5.41, 5.74) is 0.235. The summed E-state index contributed by atoms with van der Waals surface area (Å²) in [5.74, 6) is -0.373. The number of benzene rings is 1. The van der Waals surface area contributed by atoms with Gasteiger partial charge in [-0.3, -0.25) is 9.59 Å². The average Bonchev–Trinajstić information content (AvgIpc) is 2.54. The summed E-state index contributed by atoms with van der Waals surface area (Å²) in [4.78, 5) is 25.5. The highest BCUT2D eigenvalue weighted by Crippen LogP contribution is 2.61. The highest BCUT2D eigenvalue weighted by molar-refractivity contribution is 5.99. The van der Waals surface area contributed by atoms with Crippen LogP contribution < -0.4 is 5.32 Å². The van der Waals surface area contributed by atoms with Gasteiger partial charge in [0.1, 0.15) is 11.5 Å². The van der Waals surface area contributed by atoms with Crippen molar-refractivity contribution in [1.82, 2.24) is 5.32 Å². The lowest BCUT2D eigenvalue weighted by Gasteiger charge is -2.60. The lowest BCUT2D eigenvalue weighted by atomic mass is 9.45. The van der Waals surface area contributed by atoms with E-state index in [0.29, 0.717) is 11.5 Å². The SMILES string of the molecule is CC(=O)N[C@@H]1C[C@H]2C(C)(C)CCC[C@]2(C)[C@@H](C(=O)c2cc(O)cc(O)c2)[C@H]1C. The summed E-state index contributed by atoms with van der Waals surface area (Å²) in [6, 6.07) is 4.04. The van der Waals surface area contributed by atoms with Gasteiger partial charge >= 0.3 is 0 Å². The zero-order valence-electron chi connectivity index (χ0n) is 17.6. The molecule has 0 spiro atoms. The molecule has 0 aliphatic heterocycles. The minimum atomic E-state index is -0.288. The Morgan fingerprint density at radius 3 is 2.25 bits per heavy atom. The van der Waals surface area contributed by atoms with E-state index in [1.165, 1.54) is 25.1 Å². The fraction of sp³-hybridized carbons (Fsp3) is 0.652. The first kappa shape index (κ1) is 20.7. The van der Waals surface area contributed by atoms with Crippen molar-refractivity contribution < 1.29 is 19.8 Å². The maximum atomic E-state index is 13.7. The predicted octanol–water partition coefficient (Wildman–Crippen LogP) is 4.27. The van der Waals surface area contributed by atoms with Crippen molar-refractivity contribution in [3.8, 4) is 11.5 Å². The topological polar surface area (TPSA) is 86.6 Å². The molecule has 1 aromatic carbocycles. The van der Waals surface area contributed by atoms with Crippen LogP contribution in [0, 0.1) is 28.6 Å². The average molecular weight is 388 g/mol. The molecule has 154 valence electrons. The van der Waals surface area contributed by atoms with Crippen LogP contribution in [0.3, 0.4) is 0 Å². The molecule has 5 nitrogen and oxygen atoms in total. The number of carbonyl (C=O) groups is 2. The summed E-state index contributed by atoms with van der Waals surface area (Å²) in [6.07, 6.45) is 4.04. The molecule has 0 saturated heterocycles. The molecule has 0 radical (unpaired) electrons. The van der Waals surface area contributed by atoms with Gasteiger partial charge in [-0.05, 0) is 54.1 Å². The highest BCUT2D eigenvalue weighted by atomic mass is 16.3. The second kappa shape index (κ2) is 7.09. The number of fused-ring (bicyclic) bond motifs is 1. The molecule has 5 heteroatoms. The van der Waals surface area contributed by atoms with Crippen molar-refractivity contribution in [1.29, 1.82) is 0 Å². The third-order valence-electron chi connectivity index (χ3n) is 7.49. The summed E-state index contributed by atoms with van der Waals surface area (Å²) >= 11 is 0. The molecule has 2 aliphatic carbocycles. The fourth-order valence-electron chi connectivity index (χ4n) is 6.33. The molecule has 3 rings (SSSR count). The number of ketones is 1. The van der Waals surface area contributed by atoms with Gasteiger partial charge in [0.15, 0.2) is 5.78 Å². The Morgan fingerprint density at radius 2 is 1.68 bits per heavy atom. The molecular weight excluding hydrogens is 354 g/mol. The smallest absolute Gasteiger partial charge is 0.217 e. The monoisotopic (exact) mass is 387 g/mol. The second-order valence-electron chi connectivity index (χ2n) is 9.88. The molecular formula is C23H33NO4. The van der Waals surface area contributed by atoms with E-state index in [1.54, 1.807) is 0 Å². The molecule has 2 fully saturated rings. The van der Waals surface area contributed by atoms with E-state index in [0.717, 1.165) is 25.7 Å². The second-order valence-corrected chi connectivity index (χ2v) is 9.88. The first-order valence-electron chi connectivity index (χ1n) is 10.3. The molecule has 0 heterocycles. The molecule has 1 amide bonds. The largest absolute Gasteiger partial charge is 0.508 e.